The van der Waals surface area contributed by atoms with Crippen LogP contribution >= 0.6 is 0 Å². The zero-order valence-corrected chi connectivity index (χ0v) is 10.6. The van der Waals surface area contributed by atoms with Crippen molar-refractivity contribution in [3.63, 3.8) is 0 Å². The Hall–Kier alpha value is -2.62. The zero-order valence-electron chi connectivity index (χ0n) is 10.6. The Balaban J connectivity index is 1.86. The van der Waals surface area contributed by atoms with E-state index >= 15 is 0 Å². The Bertz CT molecular complexity index is 681. The van der Waals surface area contributed by atoms with E-state index in [2.05, 4.69) is 4.98 Å². The molecule has 4 heteroatoms. The third-order valence-corrected chi connectivity index (χ3v) is 2.87. The van der Waals surface area contributed by atoms with Crippen LogP contribution < -0.4 is 4.74 Å². The van der Waals surface area contributed by atoms with Crippen molar-refractivity contribution in [2.24, 2.45) is 0 Å². The van der Waals surface area contributed by atoms with E-state index < -0.39 is 0 Å². The predicted octanol–water partition coefficient (Wildman–Crippen LogP) is 4.06. The Morgan fingerprint density at radius 1 is 1.10 bits per heavy atom. The molecule has 0 N–H and O–H groups in total. The molecule has 0 aliphatic heterocycles. The van der Waals surface area contributed by atoms with Crippen molar-refractivity contribution < 1.29 is 13.5 Å². The first-order chi connectivity index (χ1) is 9.83. The molecule has 0 unspecified atom stereocenters. The van der Waals surface area contributed by atoms with E-state index in [4.69, 9.17) is 9.15 Å². The molecule has 0 aliphatic carbocycles. The predicted molar refractivity (Wildman–Crippen MR) is 72.7 cm³/mol. The Morgan fingerprint density at radius 2 is 1.95 bits per heavy atom. The van der Waals surface area contributed by atoms with Crippen LogP contribution in [0.3, 0.4) is 0 Å². The molecule has 3 aromatic rings. The first-order valence-corrected chi connectivity index (χ1v) is 6.18. The van der Waals surface area contributed by atoms with Crippen LogP contribution in [0.1, 0.15) is 5.56 Å². The van der Waals surface area contributed by atoms with Crippen LogP contribution in [0.2, 0.25) is 0 Å². The Kier molecular flexibility index (Phi) is 3.46. The molecule has 20 heavy (non-hydrogen) atoms. The number of hydrogen-bond acceptors (Lipinski definition) is 3. The third-order valence-electron chi connectivity index (χ3n) is 2.87. The SMILES string of the molecule is Fc1ccc(OCc2ccncc2)c(-c2ccco2)c1. The minimum Gasteiger partial charge on any atom is -0.488 e. The lowest BCUT2D eigenvalue weighted by atomic mass is 10.1. The monoisotopic (exact) mass is 269 g/mol. The Morgan fingerprint density at radius 3 is 2.70 bits per heavy atom. The average Bonchev–Trinajstić information content (AvgIpc) is 3.01. The zero-order chi connectivity index (χ0) is 13.8. The van der Waals surface area contributed by atoms with Crippen LogP contribution in [0.15, 0.2) is 65.5 Å². The molecule has 3 nitrogen and oxygen atoms in total. The van der Waals surface area contributed by atoms with Crippen LogP contribution in [-0.2, 0) is 6.61 Å². The fraction of sp³-hybridized carbons (Fsp3) is 0.0625. The molecule has 3 rings (SSSR count). The number of halogens is 1. The third kappa shape index (κ3) is 2.69. The van der Waals surface area contributed by atoms with Gasteiger partial charge >= 0.3 is 0 Å². The van der Waals surface area contributed by atoms with E-state index in [1.54, 1.807) is 36.9 Å². The highest BCUT2D eigenvalue weighted by molar-refractivity contribution is 5.65. The largest absolute Gasteiger partial charge is 0.488 e. The van der Waals surface area contributed by atoms with Crippen molar-refractivity contribution in [1.82, 2.24) is 4.98 Å². The van der Waals surface area contributed by atoms with Crippen molar-refractivity contribution in [2.45, 2.75) is 6.61 Å². The van der Waals surface area contributed by atoms with Crippen LogP contribution in [0, 0.1) is 5.82 Å². The average molecular weight is 269 g/mol. The van der Waals surface area contributed by atoms with Crippen molar-refractivity contribution in [1.29, 1.82) is 0 Å². The first kappa shape index (κ1) is 12.4. The quantitative estimate of drug-likeness (QED) is 0.716. The van der Waals surface area contributed by atoms with Gasteiger partial charge in [0.15, 0.2) is 0 Å². The van der Waals surface area contributed by atoms with E-state index in [9.17, 15) is 4.39 Å². The van der Waals surface area contributed by atoms with Gasteiger partial charge in [0, 0.05) is 12.4 Å². The number of pyridine rings is 1. The van der Waals surface area contributed by atoms with Crippen LogP contribution in [0.25, 0.3) is 11.3 Å². The molecule has 1 aromatic carbocycles. The molecule has 0 fully saturated rings. The van der Waals surface area contributed by atoms with Gasteiger partial charge in [-0.15, -0.1) is 0 Å². The molecule has 100 valence electrons. The number of rotatable bonds is 4. The highest BCUT2D eigenvalue weighted by Gasteiger charge is 2.10. The summed E-state index contributed by atoms with van der Waals surface area (Å²) in [4.78, 5) is 3.95. The minimum atomic E-state index is -0.326. The van der Waals surface area contributed by atoms with Gasteiger partial charge in [0.2, 0.25) is 0 Å². The van der Waals surface area contributed by atoms with Gasteiger partial charge in [-0.05, 0) is 48.0 Å². The first-order valence-electron chi connectivity index (χ1n) is 6.18. The fourth-order valence-electron chi connectivity index (χ4n) is 1.89. The summed E-state index contributed by atoms with van der Waals surface area (Å²) in [5, 5.41) is 0. The maximum atomic E-state index is 13.4. The molecule has 0 saturated carbocycles. The van der Waals surface area contributed by atoms with Gasteiger partial charge in [0.25, 0.3) is 0 Å². The van der Waals surface area contributed by atoms with Gasteiger partial charge in [-0.25, -0.2) is 4.39 Å². The maximum absolute atomic E-state index is 13.4. The van der Waals surface area contributed by atoms with E-state index in [0.29, 0.717) is 23.7 Å². The van der Waals surface area contributed by atoms with Crippen molar-refractivity contribution in [2.75, 3.05) is 0 Å². The fourth-order valence-corrected chi connectivity index (χ4v) is 1.89. The lowest BCUT2D eigenvalue weighted by molar-refractivity contribution is 0.306. The molecular weight excluding hydrogens is 257 g/mol. The van der Waals surface area contributed by atoms with Gasteiger partial charge in [0.05, 0.1) is 11.8 Å². The summed E-state index contributed by atoms with van der Waals surface area (Å²) >= 11 is 0. The molecule has 0 saturated heterocycles. The standard InChI is InChI=1S/C16H12FNO2/c17-13-3-4-16(14(10-13)15-2-1-9-19-15)20-11-12-5-7-18-8-6-12/h1-10H,11H2. The second kappa shape index (κ2) is 5.57. The van der Waals surface area contributed by atoms with Crippen LogP contribution in [0.4, 0.5) is 4.39 Å². The number of ether oxygens (including phenoxy) is 1. The van der Waals surface area contributed by atoms with Crippen LogP contribution in [-0.4, -0.2) is 4.98 Å². The maximum Gasteiger partial charge on any atom is 0.137 e. The van der Waals surface area contributed by atoms with Gasteiger partial charge in [-0.1, -0.05) is 0 Å². The highest BCUT2D eigenvalue weighted by atomic mass is 19.1. The van der Waals surface area contributed by atoms with Gasteiger partial charge in [0.1, 0.15) is 23.9 Å². The second-order valence-electron chi connectivity index (χ2n) is 4.26. The summed E-state index contributed by atoms with van der Waals surface area (Å²) in [6, 6.07) is 11.6. The van der Waals surface area contributed by atoms with E-state index in [-0.39, 0.29) is 5.82 Å². The lowest BCUT2D eigenvalue weighted by Gasteiger charge is -2.10. The molecule has 0 amide bonds. The number of furan rings is 1. The topological polar surface area (TPSA) is 35.3 Å². The molecule has 0 radical (unpaired) electrons. The van der Waals surface area contributed by atoms with Gasteiger partial charge < -0.3 is 9.15 Å². The molecule has 0 atom stereocenters. The van der Waals surface area contributed by atoms with Crippen molar-refractivity contribution >= 4 is 0 Å². The summed E-state index contributed by atoms with van der Waals surface area (Å²) in [5.74, 6) is 0.833. The number of hydrogen-bond donors (Lipinski definition) is 0. The van der Waals surface area contributed by atoms with E-state index in [1.165, 1.54) is 12.1 Å². The summed E-state index contributed by atoms with van der Waals surface area (Å²) in [5.41, 5.74) is 1.60. The molecule has 0 bridgehead atoms. The summed E-state index contributed by atoms with van der Waals surface area (Å²) in [6.07, 6.45) is 4.96. The Labute approximate surface area is 115 Å². The summed E-state index contributed by atoms with van der Waals surface area (Å²) in [7, 11) is 0. The van der Waals surface area contributed by atoms with Crippen molar-refractivity contribution in [3.05, 3.63) is 72.5 Å². The number of benzene rings is 1. The van der Waals surface area contributed by atoms with Crippen LogP contribution in [0.5, 0.6) is 5.75 Å². The normalized spacial score (nSPS) is 10.4. The second-order valence-corrected chi connectivity index (χ2v) is 4.26. The highest BCUT2D eigenvalue weighted by Crippen LogP contribution is 2.31. The van der Waals surface area contributed by atoms with Gasteiger partial charge in [-0.2, -0.15) is 0 Å². The lowest BCUT2D eigenvalue weighted by Crippen LogP contribution is -1.97. The summed E-state index contributed by atoms with van der Waals surface area (Å²) < 4.78 is 24.5. The van der Waals surface area contributed by atoms with E-state index in [1.807, 2.05) is 12.1 Å². The summed E-state index contributed by atoms with van der Waals surface area (Å²) in [6.45, 7) is 0.391. The van der Waals surface area contributed by atoms with Crippen molar-refractivity contribution in [3.8, 4) is 17.1 Å². The van der Waals surface area contributed by atoms with Gasteiger partial charge in [-0.3, -0.25) is 4.98 Å². The molecule has 0 aliphatic rings. The molecular formula is C16H12FNO2. The molecule has 2 aromatic heterocycles. The minimum absolute atomic E-state index is 0.326. The smallest absolute Gasteiger partial charge is 0.137 e. The van der Waals surface area contributed by atoms with E-state index in [0.717, 1.165) is 5.56 Å². The molecule has 2 heterocycles. The number of nitrogens with zero attached hydrogens (tertiary/aromatic N) is 1. The number of aromatic nitrogens is 1. The molecule has 0 spiro atoms.